The molecule has 0 bridgehead atoms. The zero-order valence-electron chi connectivity index (χ0n) is 10.4. The van der Waals surface area contributed by atoms with E-state index in [-0.39, 0.29) is 26.9 Å². The molecule has 21 heavy (non-hydrogen) atoms. The van der Waals surface area contributed by atoms with Gasteiger partial charge in [0.05, 0.1) is 26.9 Å². The molecule has 0 unspecified atom stereocenters. The number of anilines is 1. The molecule has 0 fully saturated rings. The molecule has 4 nitrogen and oxygen atoms in total. The minimum absolute atomic E-state index is 0.00778. The van der Waals surface area contributed by atoms with Crippen LogP contribution in [0.2, 0.25) is 10.0 Å². The van der Waals surface area contributed by atoms with E-state index in [0.29, 0.717) is 0 Å². The van der Waals surface area contributed by atoms with Crippen LogP contribution in [0.3, 0.4) is 0 Å². The van der Waals surface area contributed by atoms with Gasteiger partial charge >= 0.3 is 5.97 Å². The van der Waals surface area contributed by atoms with Crippen LogP contribution in [-0.2, 0) is 0 Å². The van der Waals surface area contributed by atoms with Gasteiger partial charge in [0, 0.05) is 3.57 Å². The highest BCUT2D eigenvalue weighted by molar-refractivity contribution is 14.1. The molecule has 1 amide bonds. The molecule has 0 saturated carbocycles. The molecule has 0 aliphatic heterocycles. The first kappa shape index (κ1) is 16.1. The van der Waals surface area contributed by atoms with Crippen LogP contribution in [0, 0.1) is 3.57 Å². The summed E-state index contributed by atoms with van der Waals surface area (Å²) in [5.74, 6) is -1.65. The highest BCUT2D eigenvalue weighted by Crippen LogP contribution is 2.27. The molecule has 0 saturated heterocycles. The number of nitrogens with one attached hydrogen (secondary N) is 1. The molecule has 2 aromatic carbocycles. The van der Waals surface area contributed by atoms with Crippen LogP contribution in [0.15, 0.2) is 36.4 Å². The molecule has 0 radical (unpaired) electrons. The van der Waals surface area contributed by atoms with Crippen molar-refractivity contribution in [3.63, 3.8) is 0 Å². The molecule has 7 heteroatoms. The molecule has 2 N–H and O–H groups in total. The van der Waals surface area contributed by atoms with Gasteiger partial charge in [-0.1, -0.05) is 29.3 Å². The van der Waals surface area contributed by atoms with Crippen LogP contribution in [-0.4, -0.2) is 17.0 Å². The van der Waals surface area contributed by atoms with Gasteiger partial charge in [0.15, 0.2) is 0 Å². The molecule has 0 spiro atoms. The van der Waals surface area contributed by atoms with Crippen LogP contribution in [0.4, 0.5) is 5.69 Å². The zero-order valence-corrected chi connectivity index (χ0v) is 14.0. The van der Waals surface area contributed by atoms with Gasteiger partial charge in [0.2, 0.25) is 0 Å². The fourth-order valence-corrected chi connectivity index (χ4v) is 2.55. The lowest BCUT2D eigenvalue weighted by Gasteiger charge is -2.10. The van der Waals surface area contributed by atoms with Crippen LogP contribution in [0.1, 0.15) is 20.7 Å². The predicted molar refractivity (Wildman–Crippen MR) is 90.5 cm³/mol. The van der Waals surface area contributed by atoms with Crippen molar-refractivity contribution < 1.29 is 14.7 Å². The van der Waals surface area contributed by atoms with Crippen molar-refractivity contribution >= 4 is 63.4 Å². The fraction of sp³-hybridized carbons (Fsp3) is 0. The second-order valence-corrected chi connectivity index (χ2v) is 6.08. The maximum absolute atomic E-state index is 12.2. The summed E-state index contributed by atoms with van der Waals surface area (Å²) in [6.07, 6.45) is 0. The summed E-state index contributed by atoms with van der Waals surface area (Å²) >= 11 is 13.8. The number of carboxylic acids is 1. The molecule has 108 valence electrons. The van der Waals surface area contributed by atoms with E-state index in [1.165, 1.54) is 18.2 Å². The Morgan fingerprint density at radius 1 is 1.10 bits per heavy atom. The molecule has 0 aromatic heterocycles. The number of hydrogen-bond acceptors (Lipinski definition) is 2. The van der Waals surface area contributed by atoms with Crippen LogP contribution >= 0.6 is 45.8 Å². The number of carbonyl (C=O) groups is 2. The van der Waals surface area contributed by atoms with E-state index in [1.54, 1.807) is 18.2 Å². The molecule has 2 rings (SSSR count). The Balaban J connectivity index is 2.36. The third kappa shape index (κ3) is 3.66. The maximum Gasteiger partial charge on any atom is 0.337 e. The van der Waals surface area contributed by atoms with Gasteiger partial charge in [-0.2, -0.15) is 0 Å². The Labute approximate surface area is 144 Å². The first-order valence-corrected chi connectivity index (χ1v) is 7.52. The van der Waals surface area contributed by atoms with E-state index in [1.807, 2.05) is 22.6 Å². The van der Waals surface area contributed by atoms with Crippen LogP contribution in [0.5, 0.6) is 0 Å². The standard InChI is InChI=1S/C14H8Cl2INO3/c15-10-3-1-2-8(12(10)16)13(19)18-11-5-4-7(17)6-9(11)14(20)21/h1-6H,(H,18,19)(H,20,21). The average molecular weight is 436 g/mol. The zero-order chi connectivity index (χ0) is 15.6. The first-order valence-electron chi connectivity index (χ1n) is 5.68. The molecule has 0 aliphatic rings. The van der Waals surface area contributed by atoms with Crippen molar-refractivity contribution in [2.75, 3.05) is 5.32 Å². The lowest BCUT2D eigenvalue weighted by Crippen LogP contribution is -2.15. The van der Waals surface area contributed by atoms with Gasteiger partial charge in [-0.25, -0.2) is 4.79 Å². The van der Waals surface area contributed by atoms with E-state index < -0.39 is 11.9 Å². The van der Waals surface area contributed by atoms with Gasteiger partial charge in [0.25, 0.3) is 5.91 Å². The number of aromatic carboxylic acids is 1. The summed E-state index contributed by atoms with van der Waals surface area (Å²) in [7, 11) is 0. The number of halogens is 3. The number of benzene rings is 2. The minimum Gasteiger partial charge on any atom is -0.478 e. The first-order chi connectivity index (χ1) is 9.90. The normalized spacial score (nSPS) is 10.2. The van der Waals surface area contributed by atoms with Crippen LogP contribution in [0.25, 0.3) is 0 Å². The Kier molecular flexibility index (Phi) is 5.08. The number of rotatable bonds is 3. The lowest BCUT2D eigenvalue weighted by molar-refractivity contribution is 0.0698. The maximum atomic E-state index is 12.2. The van der Waals surface area contributed by atoms with Crippen molar-refractivity contribution in [3.05, 3.63) is 61.1 Å². The highest BCUT2D eigenvalue weighted by atomic mass is 127. The smallest absolute Gasteiger partial charge is 0.337 e. The van der Waals surface area contributed by atoms with Crippen molar-refractivity contribution in [2.24, 2.45) is 0 Å². The average Bonchev–Trinajstić information content (AvgIpc) is 2.43. The minimum atomic E-state index is -1.12. The van der Waals surface area contributed by atoms with Gasteiger partial charge in [-0.15, -0.1) is 0 Å². The van der Waals surface area contributed by atoms with Gasteiger partial charge in [-0.3, -0.25) is 4.79 Å². The van der Waals surface area contributed by atoms with Gasteiger partial charge < -0.3 is 10.4 Å². The summed E-state index contributed by atoms with van der Waals surface area (Å²) in [4.78, 5) is 23.4. The third-order valence-corrected chi connectivity index (χ3v) is 4.15. The largest absolute Gasteiger partial charge is 0.478 e. The van der Waals surface area contributed by atoms with E-state index in [0.717, 1.165) is 3.57 Å². The summed E-state index contributed by atoms with van der Waals surface area (Å²) in [6.45, 7) is 0. The molecular weight excluding hydrogens is 428 g/mol. The van der Waals surface area contributed by atoms with Gasteiger partial charge in [-0.05, 0) is 52.9 Å². The van der Waals surface area contributed by atoms with Gasteiger partial charge in [0.1, 0.15) is 0 Å². The van der Waals surface area contributed by atoms with Crippen molar-refractivity contribution in [2.45, 2.75) is 0 Å². The van der Waals surface area contributed by atoms with E-state index in [9.17, 15) is 14.7 Å². The highest BCUT2D eigenvalue weighted by Gasteiger charge is 2.16. The van der Waals surface area contributed by atoms with E-state index in [2.05, 4.69) is 5.32 Å². The predicted octanol–water partition coefficient (Wildman–Crippen LogP) is 4.55. The second-order valence-electron chi connectivity index (χ2n) is 4.05. The Hall–Kier alpha value is -1.31. The number of carbonyl (C=O) groups excluding carboxylic acids is 1. The molecule has 0 aliphatic carbocycles. The summed E-state index contributed by atoms with van der Waals surface area (Å²) in [5, 5.41) is 12.1. The van der Waals surface area contributed by atoms with Crippen LogP contribution < -0.4 is 5.32 Å². The summed E-state index contributed by atoms with van der Waals surface area (Å²) < 4.78 is 0.754. The molecular formula is C14H8Cl2INO3. The second kappa shape index (κ2) is 6.64. The molecule has 0 heterocycles. The Morgan fingerprint density at radius 3 is 2.48 bits per heavy atom. The third-order valence-electron chi connectivity index (χ3n) is 2.66. The number of carboxylic acid groups (broad SMARTS) is 1. The Morgan fingerprint density at radius 2 is 1.81 bits per heavy atom. The topological polar surface area (TPSA) is 66.4 Å². The SMILES string of the molecule is O=C(O)c1cc(I)ccc1NC(=O)c1cccc(Cl)c1Cl. The quantitative estimate of drug-likeness (QED) is 0.695. The van der Waals surface area contributed by atoms with E-state index in [4.69, 9.17) is 23.2 Å². The number of hydrogen-bond donors (Lipinski definition) is 2. The fourth-order valence-electron chi connectivity index (χ4n) is 1.67. The van der Waals surface area contributed by atoms with Crippen molar-refractivity contribution in [3.8, 4) is 0 Å². The molecule has 0 atom stereocenters. The summed E-state index contributed by atoms with van der Waals surface area (Å²) in [6, 6.07) is 9.36. The van der Waals surface area contributed by atoms with E-state index >= 15 is 0 Å². The van der Waals surface area contributed by atoms with Crippen molar-refractivity contribution in [1.82, 2.24) is 0 Å². The van der Waals surface area contributed by atoms with Crippen molar-refractivity contribution in [1.29, 1.82) is 0 Å². The monoisotopic (exact) mass is 435 g/mol. The Bertz CT molecular complexity index is 734. The number of amides is 1. The lowest BCUT2D eigenvalue weighted by atomic mass is 10.1. The molecule has 2 aromatic rings. The summed E-state index contributed by atoms with van der Waals surface area (Å²) in [5.41, 5.74) is 0.386.